The third-order valence-electron chi connectivity index (χ3n) is 4.11. The molecule has 0 bridgehead atoms. The first-order valence-electron chi connectivity index (χ1n) is 6.87. The molecule has 1 heterocycles. The van der Waals surface area contributed by atoms with Crippen molar-refractivity contribution in [2.75, 3.05) is 18.9 Å². The van der Waals surface area contributed by atoms with Crippen LogP contribution in [0, 0.1) is 6.92 Å². The molecule has 0 saturated carbocycles. The number of nitrogens with two attached hydrogens (primary N) is 1. The van der Waals surface area contributed by atoms with E-state index in [1.807, 2.05) is 6.92 Å². The summed E-state index contributed by atoms with van der Waals surface area (Å²) >= 11 is 0. The Morgan fingerprint density at radius 3 is 2.70 bits per heavy atom. The van der Waals surface area contributed by atoms with Gasteiger partial charge in [0.2, 0.25) is 10.0 Å². The number of primary sulfonamides is 1. The van der Waals surface area contributed by atoms with Crippen LogP contribution in [0.3, 0.4) is 0 Å². The number of piperidine rings is 1. The summed E-state index contributed by atoms with van der Waals surface area (Å²) in [5, 5.41) is 8.65. The molecule has 20 heavy (non-hydrogen) atoms. The number of aryl methyl sites for hydroxylation is 1. The van der Waals surface area contributed by atoms with Crippen LogP contribution in [0.1, 0.15) is 25.3 Å². The Labute approximate surface area is 121 Å². The fraction of sp³-hybridized carbons (Fsp3) is 0.571. The van der Waals surface area contributed by atoms with Crippen LogP contribution < -0.4 is 10.5 Å². The lowest BCUT2D eigenvalue weighted by Gasteiger charge is -2.36. The molecule has 5 nitrogen and oxygen atoms in total. The highest BCUT2D eigenvalue weighted by Crippen LogP contribution is 2.24. The molecule has 2 unspecified atom stereocenters. The summed E-state index contributed by atoms with van der Waals surface area (Å²) in [5.74, 6) is 0. The van der Waals surface area contributed by atoms with Gasteiger partial charge in [-0.1, -0.05) is 6.07 Å². The van der Waals surface area contributed by atoms with E-state index >= 15 is 0 Å². The number of hydrogen-bond donors (Lipinski definition) is 2. The maximum Gasteiger partial charge on any atom is 0.238 e. The largest absolute Gasteiger partial charge is 0.382 e. The Bertz CT molecular complexity index is 586. The summed E-state index contributed by atoms with van der Waals surface area (Å²) in [7, 11) is -1.52. The van der Waals surface area contributed by atoms with E-state index in [0.29, 0.717) is 12.1 Å². The maximum absolute atomic E-state index is 11.4. The zero-order valence-electron chi connectivity index (χ0n) is 12.3. The summed E-state index contributed by atoms with van der Waals surface area (Å²) in [6.45, 7) is 5.22. The Morgan fingerprint density at radius 1 is 1.40 bits per heavy atom. The zero-order valence-corrected chi connectivity index (χ0v) is 13.1. The van der Waals surface area contributed by atoms with Crippen molar-refractivity contribution in [3.63, 3.8) is 0 Å². The number of anilines is 1. The van der Waals surface area contributed by atoms with Crippen LogP contribution >= 0.6 is 0 Å². The lowest BCUT2D eigenvalue weighted by Crippen LogP contribution is -2.42. The molecule has 1 aromatic carbocycles. The number of nitrogens with one attached hydrogen (secondary N) is 1. The Kier molecular flexibility index (Phi) is 4.36. The topological polar surface area (TPSA) is 75.4 Å². The van der Waals surface area contributed by atoms with Crippen LogP contribution in [0.2, 0.25) is 0 Å². The van der Waals surface area contributed by atoms with Crippen LogP contribution in [0.4, 0.5) is 5.69 Å². The average Bonchev–Trinajstić information content (AvgIpc) is 2.35. The smallest absolute Gasteiger partial charge is 0.238 e. The molecule has 0 aromatic heterocycles. The van der Waals surface area contributed by atoms with Crippen LogP contribution in [-0.4, -0.2) is 39.0 Å². The number of nitrogens with zero attached hydrogens (tertiary/aromatic N) is 1. The van der Waals surface area contributed by atoms with Gasteiger partial charge in [-0.3, -0.25) is 0 Å². The van der Waals surface area contributed by atoms with E-state index in [0.717, 1.165) is 30.6 Å². The van der Waals surface area contributed by atoms with E-state index in [2.05, 4.69) is 24.2 Å². The van der Waals surface area contributed by atoms with Crippen LogP contribution in [0.25, 0.3) is 0 Å². The summed E-state index contributed by atoms with van der Waals surface area (Å²) < 4.78 is 22.9. The summed E-state index contributed by atoms with van der Waals surface area (Å²) in [5.41, 5.74) is 1.89. The zero-order chi connectivity index (χ0) is 14.9. The molecule has 3 N–H and O–H groups in total. The van der Waals surface area contributed by atoms with Gasteiger partial charge in [0.15, 0.2) is 0 Å². The van der Waals surface area contributed by atoms with E-state index < -0.39 is 10.0 Å². The van der Waals surface area contributed by atoms with Crippen molar-refractivity contribution in [1.82, 2.24) is 4.90 Å². The summed E-state index contributed by atoms with van der Waals surface area (Å²) in [4.78, 5) is 2.50. The number of benzene rings is 1. The fourth-order valence-corrected chi connectivity index (χ4v) is 3.11. The summed E-state index contributed by atoms with van der Waals surface area (Å²) in [6, 6.07) is 5.87. The van der Waals surface area contributed by atoms with Gasteiger partial charge in [-0.05, 0) is 51.4 Å². The SMILES string of the molecule is Cc1ccc(S(N)(=O)=O)cc1NC1CCN(C)C(C)C1. The van der Waals surface area contributed by atoms with Gasteiger partial charge in [0.25, 0.3) is 0 Å². The monoisotopic (exact) mass is 297 g/mol. The van der Waals surface area contributed by atoms with E-state index in [-0.39, 0.29) is 4.90 Å². The predicted molar refractivity (Wildman–Crippen MR) is 81.3 cm³/mol. The molecule has 1 aliphatic rings. The lowest BCUT2D eigenvalue weighted by atomic mass is 9.98. The van der Waals surface area contributed by atoms with Crippen LogP contribution in [0.15, 0.2) is 23.1 Å². The van der Waals surface area contributed by atoms with E-state index in [4.69, 9.17) is 5.14 Å². The van der Waals surface area contributed by atoms with Gasteiger partial charge in [-0.2, -0.15) is 0 Å². The van der Waals surface area contributed by atoms with Crippen LogP contribution in [0.5, 0.6) is 0 Å². The van der Waals surface area contributed by atoms with Gasteiger partial charge in [-0.15, -0.1) is 0 Å². The van der Waals surface area contributed by atoms with Crippen molar-refractivity contribution >= 4 is 15.7 Å². The van der Waals surface area contributed by atoms with Gasteiger partial charge >= 0.3 is 0 Å². The predicted octanol–water partition coefficient (Wildman–Crippen LogP) is 1.54. The number of likely N-dealkylation sites (tertiary alicyclic amines) is 1. The molecular weight excluding hydrogens is 274 g/mol. The van der Waals surface area contributed by atoms with Crippen molar-refractivity contribution in [2.24, 2.45) is 5.14 Å². The highest BCUT2D eigenvalue weighted by atomic mass is 32.2. The fourth-order valence-electron chi connectivity index (χ4n) is 2.57. The summed E-state index contributed by atoms with van der Waals surface area (Å²) in [6.07, 6.45) is 2.11. The highest BCUT2D eigenvalue weighted by molar-refractivity contribution is 7.89. The molecule has 1 saturated heterocycles. The minimum Gasteiger partial charge on any atom is -0.382 e. The first-order valence-corrected chi connectivity index (χ1v) is 8.42. The highest BCUT2D eigenvalue weighted by Gasteiger charge is 2.23. The molecule has 1 fully saturated rings. The third-order valence-corrected chi connectivity index (χ3v) is 5.02. The minimum absolute atomic E-state index is 0.159. The molecule has 0 aliphatic carbocycles. The molecule has 112 valence electrons. The van der Waals surface area contributed by atoms with Crippen molar-refractivity contribution in [2.45, 2.75) is 43.7 Å². The number of hydrogen-bond acceptors (Lipinski definition) is 4. The third kappa shape index (κ3) is 3.50. The molecular formula is C14H23N3O2S. The van der Waals surface area contributed by atoms with Crippen molar-refractivity contribution in [3.05, 3.63) is 23.8 Å². The molecule has 0 amide bonds. The Balaban J connectivity index is 2.17. The van der Waals surface area contributed by atoms with E-state index in [1.165, 1.54) is 0 Å². The van der Waals surface area contributed by atoms with Gasteiger partial charge in [0.1, 0.15) is 0 Å². The Hall–Kier alpha value is -1.11. The van der Waals surface area contributed by atoms with Gasteiger partial charge < -0.3 is 10.2 Å². The molecule has 0 radical (unpaired) electrons. The second-order valence-corrected chi connectivity index (χ2v) is 7.28. The maximum atomic E-state index is 11.4. The van der Waals surface area contributed by atoms with E-state index in [1.54, 1.807) is 18.2 Å². The quantitative estimate of drug-likeness (QED) is 0.887. The first-order chi connectivity index (χ1) is 9.27. The van der Waals surface area contributed by atoms with Crippen molar-refractivity contribution < 1.29 is 8.42 Å². The molecule has 2 atom stereocenters. The second kappa shape index (κ2) is 5.71. The van der Waals surface area contributed by atoms with Gasteiger partial charge in [-0.25, -0.2) is 13.6 Å². The second-order valence-electron chi connectivity index (χ2n) is 5.72. The molecule has 0 spiro atoms. The first kappa shape index (κ1) is 15.3. The standard InChI is InChI=1S/C14H23N3O2S/c1-10-4-5-13(20(15,18)19)9-14(10)16-12-6-7-17(3)11(2)8-12/h4-5,9,11-12,16H,6-8H2,1-3H3,(H2,15,18,19). The molecule has 6 heteroatoms. The average molecular weight is 297 g/mol. The van der Waals surface area contributed by atoms with E-state index in [9.17, 15) is 8.42 Å². The van der Waals surface area contributed by atoms with Crippen LogP contribution in [-0.2, 0) is 10.0 Å². The number of rotatable bonds is 3. The lowest BCUT2D eigenvalue weighted by molar-refractivity contribution is 0.190. The van der Waals surface area contributed by atoms with Crippen molar-refractivity contribution in [3.8, 4) is 0 Å². The van der Waals surface area contributed by atoms with Crippen molar-refractivity contribution in [1.29, 1.82) is 0 Å². The number of sulfonamides is 1. The molecule has 1 aliphatic heterocycles. The normalized spacial score (nSPS) is 24.6. The molecule has 1 aromatic rings. The Morgan fingerprint density at radius 2 is 2.10 bits per heavy atom. The minimum atomic E-state index is -3.65. The van der Waals surface area contributed by atoms with Gasteiger partial charge in [0, 0.05) is 24.3 Å². The molecule has 2 rings (SSSR count). The van der Waals surface area contributed by atoms with Gasteiger partial charge in [0.05, 0.1) is 4.90 Å².